The van der Waals surface area contributed by atoms with E-state index in [0.717, 1.165) is 10.7 Å². The third kappa shape index (κ3) is 4.19. The number of carbonyl (C=O) groups is 1. The van der Waals surface area contributed by atoms with E-state index in [4.69, 9.17) is 5.21 Å². The maximum Gasteiger partial charge on any atom is 0.258 e. The summed E-state index contributed by atoms with van der Waals surface area (Å²) in [5.74, 6) is -0.847. The standard InChI is InChI=1S/C12H18N2O5S/c1-2-3-8-14(9-12(16)13-17)20(18,19)11-6-4-10(15)5-7-11/h4-7,15,17H,2-3,8-9H2,1H3,(H,13,16). The lowest BCUT2D eigenvalue weighted by atomic mass is 10.3. The molecule has 0 aliphatic carbocycles. The van der Waals surface area contributed by atoms with Gasteiger partial charge in [-0.2, -0.15) is 4.31 Å². The first-order chi connectivity index (χ1) is 9.41. The maximum absolute atomic E-state index is 12.4. The van der Waals surface area contributed by atoms with Gasteiger partial charge >= 0.3 is 0 Å². The number of phenols is 1. The van der Waals surface area contributed by atoms with Gasteiger partial charge in [0.25, 0.3) is 5.91 Å². The lowest BCUT2D eigenvalue weighted by Crippen LogP contribution is -2.40. The molecular weight excluding hydrogens is 284 g/mol. The van der Waals surface area contributed by atoms with Crippen LogP contribution in [0.5, 0.6) is 5.75 Å². The Kier molecular flexibility index (Phi) is 5.93. The van der Waals surface area contributed by atoms with E-state index in [2.05, 4.69) is 0 Å². The molecule has 0 aliphatic rings. The van der Waals surface area contributed by atoms with Crippen molar-refractivity contribution in [1.29, 1.82) is 0 Å². The van der Waals surface area contributed by atoms with Gasteiger partial charge in [-0.3, -0.25) is 10.0 Å². The zero-order chi connectivity index (χ0) is 15.2. The van der Waals surface area contributed by atoms with Crippen LogP contribution in [0.4, 0.5) is 0 Å². The number of hydroxylamine groups is 1. The molecule has 0 saturated carbocycles. The Labute approximate surface area is 117 Å². The number of hydrogen-bond donors (Lipinski definition) is 3. The average molecular weight is 302 g/mol. The van der Waals surface area contributed by atoms with Gasteiger partial charge in [-0.1, -0.05) is 13.3 Å². The zero-order valence-electron chi connectivity index (χ0n) is 11.1. The van der Waals surface area contributed by atoms with Crippen molar-refractivity contribution in [2.24, 2.45) is 0 Å². The third-order valence-electron chi connectivity index (χ3n) is 2.68. The number of amides is 1. The van der Waals surface area contributed by atoms with Crippen LogP contribution in [0.1, 0.15) is 19.8 Å². The highest BCUT2D eigenvalue weighted by atomic mass is 32.2. The number of rotatable bonds is 7. The van der Waals surface area contributed by atoms with E-state index in [1.54, 1.807) is 0 Å². The number of hydrogen-bond acceptors (Lipinski definition) is 5. The highest BCUT2D eigenvalue weighted by Gasteiger charge is 2.26. The summed E-state index contributed by atoms with van der Waals surface area (Å²) in [7, 11) is -3.84. The van der Waals surface area contributed by atoms with E-state index in [9.17, 15) is 18.3 Å². The molecule has 1 aromatic carbocycles. The Hall–Kier alpha value is -1.64. The minimum Gasteiger partial charge on any atom is -0.508 e. The first kappa shape index (κ1) is 16.4. The fraction of sp³-hybridized carbons (Fsp3) is 0.417. The van der Waals surface area contributed by atoms with Crippen molar-refractivity contribution in [1.82, 2.24) is 9.79 Å². The van der Waals surface area contributed by atoms with E-state index >= 15 is 0 Å². The van der Waals surface area contributed by atoms with E-state index in [-0.39, 0.29) is 17.2 Å². The van der Waals surface area contributed by atoms with Gasteiger partial charge in [0.2, 0.25) is 10.0 Å². The van der Waals surface area contributed by atoms with E-state index in [0.29, 0.717) is 6.42 Å². The van der Waals surface area contributed by atoms with Crippen LogP contribution in [0, 0.1) is 0 Å². The molecule has 1 aromatic rings. The summed E-state index contributed by atoms with van der Waals surface area (Å²) in [5.41, 5.74) is 1.42. The van der Waals surface area contributed by atoms with Crippen LogP contribution in [0.3, 0.4) is 0 Å². The number of carbonyl (C=O) groups excluding carboxylic acids is 1. The molecule has 0 spiro atoms. The molecule has 3 N–H and O–H groups in total. The second-order valence-corrected chi connectivity index (χ2v) is 6.16. The Morgan fingerprint density at radius 1 is 1.30 bits per heavy atom. The van der Waals surface area contributed by atoms with E-state index in [1.165, 1.54) is 29.7 Å². The summed E-state index contributed by atoms with van der Waals surface area (Å²) in [6, 6.07) is 5.05. The number of nitrogens with one attached hydrogen (secondary N) is 1. The molecule has 7 nitrogen and oxygen atoms in total. The smallest absolute Gasteiger partial charge is 0.258 e. The Bertz CT molecular complexity index is 541. The van der Waals surface area contributed by atoms with Crippen molar-refractivity contribution in [2.45, 2.75) is 24.7 Å². The third-order valence-corrected chi connectivity index (χ3v) is 4.54. The minimum absolute atomic E-state index is 0.0165. The van der Waals surface area contributed by atoms with Crippen LogP contribution in [-0.2, 0) is 14.8 Å². The molecule has 0 atom stereocenters. The fourth-order valence-corrected chi connectivity index (χ4v) is 3.02. The van der Waals surface area contributed by atoms with Gasteiger partial charge in [-0.15, -0.1) is 0 Å². The number of sulfonamides is 1. The van der Waals surface area contributed by atoms with Gasteiger partial charge in [0.05, 0.1) is 11.4 Å². The van der Waals surface area contributed by atoms with E-state index < -0.39 is 22.5 Å². The molecule has 0 bridgehead atoms. The molecular formula is C12H18N2O5S. The van der Waals surface area contributed by atoms with Crippen LogP contribution in [-0.4, -0.2) is 42.0 Å². The number of aromatic hydroxyl groups is 1. The monoisotopic (exact) mass is 302 g/mol. The first-order valence-corrected chi connectivity index (χ1v) is 7.58. The van der Waals surface area contributed by atoms with Crippen LogP contribution in [0.15, 0.2) is 29.2 Å². The van der Waals surface area contributed by atoms with Crippen LogP contribution in [0.25, 0.3) is 0 Å². The van der Waals surface area contributed by atoms with Crippen molar-refractivity contribution in [2.75, 3.05) is 13.1 Å². The molecule has 0 saturated heterocycles. The van der Waals surface area contributed by atoms with Gasteiger partial charge in [0, 0.05) is 6.54 Å². The Balaban J connectivity index is 3.03. The Morgan fingerprint density at radius 3 is 2.40 bits per heavy atom. The normalized spacial score (nSPS) is 11.6. The molecule has 0 aromatic heterocycles. The largest absolute Gasteiger partial charge is 0.508 e. The van der Waals surface area contributed by atoms with Crippen molar-refractivity contribution < 1.29 is 23.5 Å². The predicted octanol–water partition coefficient (Wildman–Crippen LogP) is 0.688. The highest BCUT2D eigenvalue weighted by Crippen LogP contribution is 2.19. The molecule has 0 fully saturated rings. The summed E-state index contributed by atoms with van der Waals surface area (Å²) in [6.45, 7) is 1.62. The highest BCUT2D eigenvalue weighted by molar-refractivity contribution is 7.89. The summed E-state index contributed by atoms with van der Waals surface area (Å²) in [4.78, 5) is 11.2. The average Bonchev–Trinajstić information content (AvgIpc) is 2.43. The maximum atomic E-state index is 12.4. The van der Waals surface area contributed by atoms with Crippen LogP contribution >= 0.6 is 0 Å². The zero-order valence-corrected chi connectivity index (χ0v) is 11.9. The molecule has 112 valence electrons. The number of phenolic OH excluding ortho intramolecular Hbond substituents is 1. The van der Waals surface area contributed by atoms with E-state index in [1.807, 2.05) is 6.92 Å². The van der Waals surface area contributed by atoms with Gasteiger partial charge in [0.15, 0.2) is 0 Å². The number of benzene rings is 1. The molecule has 0 aliphatic heterocycles. The molecule has 8 heteroatoms. The summed E-state index contributed by atoms with van der Waals surface area (Å²) in [6.07, 6.45) is 1.36. The van der Waals surface area contributed by atoms with Crippen LogP contribution in [0.2, 0.25) is 0 Å². The van der Waals surface area contributed by atoms with Gasteiger partial charge in [-0.05, 0) is 30.7 Å². The number of nitrogens with zero attached hydrogens (tertiary/aromatic N) is 1. The van der Waals surface area contributed by atoms with Gasteiger partial charge < -0.3 is 5.11 Å². The fourth-order valence-electron chi connectivity index (χ4n) is 1.58. The first-order valence-electron chi connectivity index (χ1n) is 6.14. The quantitative estimate of drug-likeness (QED) is 0.507. The summed E-state index contributed by atoms with van der Waals surface area (Å²) >= 11 is 0. The Morgan fingerprint density at radius 2 is 1.90 bits per heavy atom. The lowest BCUT2D eigenvalue weighted by molar-refractivity contribution is -0.129. The van der Waals surface area contributed by atoms with Crippen molar-refractivity contribution in [3.05, 3.63) is 24.3 Å². The second-order valence-electron chi connectivity index (χ2n) is 4.22. The summed E-state index contributed by atoms with van der Waals surface area (Å²) in [5, 5.41) is 17.7. The molecule has 0 unspecified atom stereocenters. The van der Waals surface area contributed by atoms with Crippen molar-refractivity contribution >= 4 is 15.9 Å². The second kappa shape index (κ2) is 7.22. The molecule has 0 radical (unpaired) electrons. The SMILES string of the molecule is CCCCN(CC(=O)NO)S(=O)(=O)c1ccc(O)cc1. The van der Waals surface area contributed by atoms with Gasteiger partial charge in [0.1, 0.15) is 5.75 Å². The lowest BCUT2D eigenvalue weighted by Gasteiger charge is -2.21. The van der Waals surface area contributed by atoms with Crippen LogP contribution < -0.4 is 5.48 Å². The van der Waals surface area contributed by atoms with Crippen molar-refractivity contribution in [3.8, 4) is 5.75 Å². The van der Waals surface area contributed by atoms with Gasteiger partial charge in [-0.25, -0.2) is 13.9 Å². The summed E-state index contributed by atoms with van der Waals surface area (Å²) < 4.78 is 25.8. The molecule has 0 heterocycles. The molecule has 1 amide bonds. The predicted molar refractivity (Wildman–Crippen MR) is 71.7 cm³/mol. The number of unbranched alkanes of at least 4 members (excludes halogenated alkanes) is 1. The van der Waals surface area contributed by atoms with Crippen molar-refractivity contribution in [3.63, 3.8) is 0 Å². The minimum atomic E-state index is -3.84. The topological polar surface area (TPSA) is 107 Å². The molecule has 20 heavy (non-hydrogen) atoms. The molecule has 1 rings (SSSR count).